The standard InChI is InChI=1S/C12H17ClN2O2/c1-12(2,7-16)15(3)11(17)8-4-5-9(13)10(14)6-8/h4-6,16H,7,14H2,1-3H3. The van der Waals surface area contributed by atoms with Crippen LogP contribution in [-0.4, -0.2) is 35.1 Å². The fourth-order valence-electron chi connectivity index (χ4n) is 1.25. The predicted molar refractivity (Wildman–Crippen MR) is 69.1 cm³/mol. The highest BCUT2D eigenvalue weighted by atomic mass is 35.5. The molecule has 1 aromatic rings. The van der Waals surface area contributed by atoms with Crippen LogP contribution < -0.4 is 5.73 Å². The highest BCUT2D eigenvalue weighted by molar-refractivity contribution is 6.33. The van der Waals surface area contributed by atoms with E-state index in [1.54, 1.807) is 33.0 Å². The van der Waals surface area contributed by atoms with Gasteiger partial charge in [-0.25, -0.2) is 0 Å². The van der Waals surface area contributed by atoms with Gasteiger partial charge >= 0.3 is 0 Å². The Hall–Kier alpha value is -1.26. The molecule has 3 N–H and O–H groups in total. The molecule has 0 aliphatic heterocycles. The van der Waals surface area contributed by atoms with Crippen molar-refractivity contribution in [1.29, 1.82) is 0 Å². The third-order valence-electron chi connectivity index (χ3n) is 2.84. The Labute approximate surface area is 106 Å². The van der Waals surface area contributed by atoms with Gasteiger partial charge in [-0.3, -0.25) is 4.79 Å². The molecule has 0 aliphatic rings. The number of aliphatic hydroxyl groups is 1. The number of aliphatic hydroxyl groups excluding tert-OH is 1. The van der Waals surface area contributed by atoms with Crippen LogP contribution in [0.4, 0.5) is 5.69 Å². The molecule has 1 amide bonds. The zero-order valence-electron chi connectivity index (χ0n) is 10.2. The van der Waals surface area contributed by atoms with E-state index in [2.05, 4.69) is 0 Å². The van der Waals surface area contributed by atoms with Crippen molar-refractivity contribution in [2.45, 2.75) is 19.4 Å². The maximum Gasteiger partial charge on any atom is 0.254 e. The van der Waals surface area contributed by atoms with Gasteiger partial charge in [0.15, 0.2) is 0 Å². The number of nitrogens with two attached hydrogens (primary N) is 1. The third-order valence-corrected chi connectivity index (χ3v) is 3.19. The molecular formula is C12H17ClN2O2. The lowest BCUT2D eigenvalue weighted by Crippen LogP contribution is -2.47. The topological polar surface area (TPSA) is 66.6 Å². The first-order valence-corrected chi connectivity index (χ1v) is 5.61. The number of nitrogen functional groups attached to an aromatic ring is 1. The normalized spacial score (nSPS) is 11.4. The highest BCUT2D eigenvalue weighted by Gasteiger charge is 2.27. The number of carbonyl (C=O) groups excluding carboxylic acids is 1. The van der Waals surface area contributed by atoms with Crippen LogP contribution in [0.2, 0.25) is 5.02 Å². The van der Waals surface area contributed by atoms with E-state index < -0.39 is 5.54 Å². The molecule has 4 nitrogen and oxygen atoms in total. The maximum atomic E-state index is 12.1. The largest absolute Gasteiger partial charge is 0.398 e. The second kappa shape index (κ2) is 4.94. The Morgan fingerprint density at radius 3 is 2.59 bits per heavy atom. The number of anilines is 1. The van der Waals surface area contributed by atoms with Gasteiger partial charge in [0, 0.05) is 12.6 Å². The van der Waals surface area contributed by atoms with E-state index in [0.717, 1.165) is 0 Å². The lowest BCUT2D eigenvalue weighted by molar-refractivity contribution is 0.0473. The van der Waals surface area contributed by atoms with Crippen LogP contribution >= 0.6 is 11.6 Å². The molecule has 0 fully saturated rings. The molecule has 0 saturated carbocycles. The summed E-state index contributed by atoms with van der Waals surface area (Å²) in [6, 6.07) is 4.74. The van der Waals surface area contributed by atoms with Crippen LogP contribution in [0.3, 0.4) is 0 Å². The van der Waals surface area contributed by atoms with E-state index in [4.69, 9.17) is 17.3 Å². The zero-order chi connectivity index (χ0) is 13.2. The molecule has 0 spiro atoms. The fraction of sp³-hybridized carbons (Fsp3) is 0.417. The van der Waals surface area contributed by atoms with Crippen LogP contribution in [0.1, 0.15) is 24.2 Å². The molecule has 0 aliphatic carbocycles. The Balaban J connectivity index is 3.01. The van der Waals surface area contributed by atoms with Gasteiger partial charge in [-0.05, 0) is 32.0 Å². The fourth-order valence-corrected chi connectivity index (χ4v) is 1.37. The van der Waals surface area contributed by atoms with Crippen molar-refractivity contribution in [1.82, 2.24) is 4.90 Å². The smallest absolute Gasteiger partial charge is 0.254 e. The zero-order valence-corrected chi connectivity index (χ0v) is 11.0. The van der Waals surface area contributed by atoms with E-state index in [9.17, 15) is 9.90 Å². The van der Waals surface area contributed by atoms with Gasteiger partial charge in [-0.1, -0.05) is 11.6 Å². The van der Waals surface area contributed by atoms with Gasteiger partial charge in [-0.2, -0.15) is 0 Å². The summed E-state index contributed by atoms with van der Waals surface area (Å²) in [5.41, 5.74) is 5.85. The second-order valence-corrected chi connectivity index (χ2v) is 4.98. The van der Waals surface area contributed by atoms with Gasteiger partial charge in [0.1, 0.15) is 0 Å². The summed E-state index contributed by atoms with van der Waals surface area (Å²) in [7, 11) is 1.64. The molecule has 0 atom stereocenters. The Bertz CT molecular complexity index is 433. The molecule has 17 heavy (non-hydrogen) atoms. The highest BCUT2D eigenvalue weighted by Crippen LogP contribution is 2.22. The van der Waals surface area contributed by atoms with Crippen molar-refractivity contribution in [3.05, 3.63) is 28.8 Å². The minimum absolute atomic E-state index is 0.113. The van der Waals surface area contributed by atoms with E-state index in [0.29, 0.717) is 16.3 Å². The minimum Gasteiger partial charge on any atom is -0.398 e. The summed E-state index contributed by atoms with van der Waals surface area (Å²) in [6.45, 7) is 3.45. The van der Waals surface area contributed by atoms with Crippen molar-refractivity contribution in [2.24, 2.45) is 0 Å². The van der Waals surface area contributed by atoms with Crippen molar-refractivity contribution >= 4 is 23.2 Å². The third kappa shape index (κ3) is 2.90. The predicted octanol–water partition coefficient (Wildman–Crippen LogP) is 1.77. The summed E-state index contributed by atoms with van der Waals surface area (Å²) < 4.78 is 0. The molecule has 0 bridgehead atoms. The number of carbonyl (C=O) groups is 1. The second-order valence-electron chi connectivity index (χ2n) is 4.57. The van der Waals surface area contributed by atoms with E-state index >= 15 is 0 Å². The first-order valence-electron chi connectivity index (χ1n) is 5.23. The van der Waals surface area contributed by atoms with Crippen LogP contribution in [0, 0.1) is 0 Å². The van der Waals surface area contributed by atoms with Gasteiger partial charge in [-0.15, -0.1) is 0 Å². The number of hydrogen-bond donors (Lipinski definition) is 2. The Morgan fingerprint density at radius 1 is 1.53 bits per heavy atom. The molecule has 0 unspecified atom stereocenters. The van der Waals surface area contributed by atoms with Crippen LogP contribution in [-0.2, 0) is 0 Å². The molecule has 0 aromatic heterocycles. The summed E-state index contributed by atoms with van der Waals surface area (Å²) in [5, 5.41) is 9.64. The van der Waals surface area contributed by atoms with Gasteiger partial charge in [0.2, 0.25) is 0 Å². The number of benzene rings is 1. The number of nitrogens with zero attached hydrogens (tertiary/aromatic N) is 1. The number of rotatable bonds is 3. The summed E-state index contributed by atoms with van der Waals surface area (Å²) in [4.78, 5) is 13.6. The van der Waals surface area contributed by atoms with E-state index in [1.807, 2.05) is 0 Å². The van der Waals surface area contributed by atoms with Crippen molar-refractivity contribution < 1.29 is 9.90 Å². The minimum atomic E-state index is -0.620. The molecule has 1 aromatic carbocycles. The number of hydrogen-bond acceptors (Lipinski definition) is 3. The molecule has 94 valence electrons. The van der Waals surface area contributed by atoms with E-state index in [1.165, 1.54) is 11.0 Å². The Morgan fingerprint density at radius 2 is 2.12 bits per heavy atom. The SMILES string of the molecule is CN(C(=O)c1ccc(Cl)c(N)c1)C(C)(C)CO. The number of likely N-dealkylation sites (N-methyl/N-ethyl adjacent to an activating group) is 1. The summed E-state index contributed by atoms with van der Waals surface area (Å²) >= 11 is 5.79. The molecule has 0 radical (unpaired) electrons. The lowest BCUT2D eigenvalue weighted by Gasteiger charge is -2.34. The van der Waals surface area contributed by atoms with Crippen LogP contribution in [0.15, 0.2) is 18.2 Å². The van der Waals surface area contributed by atoms with Crippen molar-refractivity contribution in [3.63, 3.8) is 0 Å². The van der Waals surface area contributed by atoms with Gasteiger partial charge < -0.3 is 15.7 Å². The van der Waals surface area contributed by atoms with Crippen molar-refractivity contribution in [3.8, 4) is 0 Å². The maximum absolute atomic E-state index is 12.1. The molecular weight excluding hydrogens is 240 g/mol. The quantitative estimate of drug-likeness (QED) is 0.810. The van der Waals surface area contributed by atoms with Crippen LogP contribution in [0.25, 0.3) is 0 Å². The first-order chi connectivity index (χ1) is 7.79. The average Bonchev–Trinajstić information content (AvgIpc) is 2.30. The first kappa shape index (κ1) is 13.8. The lowest BCUT2D eigenvalue weighted by atomic mass is 10.0. The van der Waals surface area contributed by atoms with Crippen LogP contribution in [0.5, 0.6) is 0 Å². The molecule has 1 rings (SSSR count). The molecule has 0 heterocycles. The van der Waals surface area contributed by atoms with E-state index in [-0.39, 0.29) is 12.5 Å². The summed E-state index contributed by atoms with van der Waals surface area (Å²) in [6.07, 6.45) is 0. The Kier molecular flexibility index (Phi) is 4.01. The molecule has 5 heteroatoms. The van der Waals surface area contributed by atoms with Gasteiger partial charge in [0.25, 0.3) is 5.91 Å². The number of amides is 1. The van der Waals surface area contributed by atoms with Crippen molar-refractivity contribution in [2.75, 3.05) is 19.4 Å². The molecule has 0 saturated heterocycles. The monoisotopic (exact) mass is 256 g/mol. The van der Waals surface area contributed by atoms with Gasteiger partial charge in [0.05, 0.1) is 22.9 Å². The number of halogens is 1. The summed E-state index contributed by atoms with van der Waals surface area (Å²) in [5.74, 6) is -0.201. The average molecular weight is 257 g/mol.